The minimum atomic E-state index is -3.96. The van der Waals surface area contributed by atoms with E-state index in [1.165, 1.54) is 24.3 Å². The van der Waals surface area contributed by atoms with Crippen LogP contribution >= 0.6 is 0 Å². The number of rotatable bonds is 5. The van der Waals surface area contributed by atoms with E-state index in [2.05, 4.69) is 6.58 Å². The lowest BCUT2D eigenvalue weighted by Crippen LogP contribution is -2.09. The van der Waals surface area contributed by atoms with Gasteiger partial charge in [-0.05, 0) is 43.2 Å². The monoisotopic (exact) mass is 304 g/mol. The molecule has 0 fully saturated rings. The highest BCUT2D eigenvalue weighted by Crippen LogP contribution is 2.30. The van der Waals surface area contributed by atoms with Crippen molar-refractivity contribution in [1.29, 1.82) is 0 Å². The molecule has 0 bridgehead atoms. The van der Waals surface area contributed by atoms with Gasteiger partial charge in [-0.2, -0.15) is 8.42 Å². The normalized spacial score (nSPS) is 11.1. The molecule has 5 heteroatoms. The van der Waals surface area contributed by atoms with Crippen LogP contribution in [0.2, 0.25) is 0 Å². The van der Waals surface area contributed by atoms with Crippen molar-refractivity contribution in [2.75, 3.05) is 0 Å². The highest BCUT2D eigenvalue weighted by Gasteiger charge is 2.18. The van der Waals surface area contributed by atoms with Crippen molar-refractivity contribution in [1.82, 2.24) is 0 Å². The molecule has 110 valence electrons. The third-order valence-electron chi connectivity index (χ3n) is 2.91. The summed E-state index contributed by atoms with van der Waals surface area (Å²) >= 11 is 0. The molecule has 0 aliphatic rings. The van der Waals surface area contributed by atoms with Crippen LogP contribution in [0.25, 0.3) is 0 Å². The Morgan fingerprint density at radius 3 is 2.43 bits per heavy atom. The molecule has 0 radical (unpaired) electrons. The summed E-state index contributed by atoms with van der Waals surface area (Å²) in [5.41, 5.74) is 1.77. The fourth-order valence-corrected chi connectivity index (χ4v) is 2.74. The number of phenols is 1. The van der Waals surface area contributed by atoms with Gasteiger partial charge in [0.15, 0.2) is 11.5 Å². The first-order valence-electron chi connectivity index (χ1n) is 6.36. The van der Waals surface area contributed by atoms with Crippen LogP contribution in [-0.4, -0.2) is 13.5 Å². The van der Waals surface area contributed by atoms with Gasteiger partial charge in [-0.3, -0.25) is 0 Å². The zero-order valence-electron chi connectivity index (χ0n) is 11.6. The quantitative estimate of drug-likeness (QED) is 0.680. The molecule has 0 aromatic heterocycles. The molecule has 1 N–H and O–H groups in total. The third-order valence-corrected chi connectivity index (χ3v) is 4.16. The highest BCUT2D eigenvalue weighted by atomic mass is 32.2. The Balaban J connectivity index is 2.28. The summed E-state index contributed by atoms with van der Waals surface area (Å²) in [5, 5.41) is 9.85. The summed E-state index contributed by atoms with van der Waals surface area (Å²) in [5.74, 6) is -0.312. The maximum absolute atomic E-state index is 12.1. The Hall–Kier alpha value is -2.27. The summed E-state index contributed by atoms with van der Waals surface area (Å²) in [7, 11) is -3.96. The number of allylic oxidation sites excluding steroid dienone is 1. The molecule has 0 spiro atoms. The topological polar surface area (TPSA) is 63.6 Å². The number of phenolic OH excluding ortho intramolecular Hbond substituents is 1. The first kappa shape index (κ1) is 15.1. The smallest absolute Gasteiger partial charge is 0.339 e. The summed E-state index contributed by atoms with van der Waals surface area (Å²) in [6, 6.07) is 10.9. The fraction of sp³-hybridized carbons (Fsp3) is 0.125. The van der Waals surface area contributed by atoms with E-state index in [1.54, 1.807) is 24.3 Å². The van der Waals surface area contributed by atoms with E-state index in [9.17, 15) is 13.5 Å². The molecule has 2 rings (SSSR count). The lowest BCUT2D eigenvalue weighted by molar-refractivity contribution is 0.427. The Morgan fingerprint density at radius 1 is 1.19 bits per heavy atom. The molecule has 0 saturated heterocycles. The van der Waals surface area contributed by atoms with Crippen molar-refractivity contribution in [2.45, 2.75) is 18.2 Å². The van der Waals surface area contributed by atoms with E-state index in [-0.39, 0.29) is 16.4 Å². The maximum Gasteiger partial charge on any atom is 0.339 e. The average molecular weight is 304 g/mol. The molecule has 2 aromatic carbocycles. The number of benzene rings is 2. The van der Waals surface area contributed by atoms with Crippen molar-refractivity contribution in [2.24, 2.45) is 0 Å². The molecule has 4 nitrogen and oxygen atoms in total. The van der Waals surface area contributed by atoms with Gasteiger partial charge in [0.25, 0.3) is 0 Å². The zero-order chi connectivity index (χ0) is 15.5. The van der Waals surface area contributed by atoms with Gasteiger partial charge >= 0.3 is 10.1 Å². The standard InChI is InChI=1S/C16H16O4S/c1-3-4-13-7-10-16(15(17)11-13)20-21(18,19)14-8-5-12(2)6-9-14/h3,5-11,17H,1,4H2,2H3. The summed E-state index contributed by atoms with van der Waals surface area (Å²) in [6.07, 6.45) is 2.27. The first-order valence-corrected chi connectivity index (χ1v) is 7.77. The van der Waals surface area contributed by atoms with Crippen LogP contribution in [0, 0.1) is 6.92 Å². The lowest BCUT2D eigenvalue weighted by Gasteiger charge is -2.09. The molecule has 21 heavy (non-hydrogen) atoms. The molecule has 0 saturated carbocycles. The van der Waals surface area contributed by atoms with E-state index >= 15 is 0 Å². The number of hydrogen-bond donors (Lipinski definition) is 1. The second-order valence-electron chi connectivity index (χ2n) is 4.65. The van der Waals surface area contributed by atoms with Crippen LogP contribution in [-0.2, 0) is 16.5 Å². The Labute approximate surface area is 124 Å². The van der Waals surface area contributed by atoms with Crippen LogP contribution < -0.4 is 4.18 Å². The summed E-state index contributed by atoms with van der Waals surface area (Å²) in [4.78, 5) is 0.0441. The van der Waals surface area contributed by atoms with Crippen molar-refractivity contribution >= 4 is 10.1 Å². The van der Waals surface area contributed by atoms with Crippen LogP contribution in [0.1, 0.15) is 11.1 Å². The van der Waals surface area contributed by atoms with Crippen LogP contribution in [0.5, 0.6) is 11.5 Å². The Morgan fingerprint density at radius 2 is 1.86 bits per heavy atom. The van der Waals surface area contributed by atoms with Crippen molar-refractivity contribution in [3.63, 3.8) is 0 Å². The summed E-state index contributed by atoms with van der Waals surface area (Å²) < 4.78 is 29.2. The molecule has 0 aliphatic carbocycles. The maximum atomic E-state index is 12.1. The first-order chi connectivity index (χ1) is 9.92. The number of hydrogen-bond acceptors (Lipinski definition) is 4. The molecule has 0 heterocycles. The van der Waals surface area contributed by atoms with Crippen molar-refractivity contribution in [3.05, 3.63) is 66.2 Å². The SMILES string of the molecule is C=CCc1ccc(OS(=O)(=O)c2ccc(C)cc2)c(O)c1. The Kier molecular flexibility index (Phi) is 4.33. The average Bonchev–Trinajstić information content (AvgIpc) is 2.42. The second kappa shape index (κ2) is 6.01. The van der Waals surface area contributed by atoms with Gasteiger partial charge in [-0.15, -0.1) is 6.58 Å². The van der Waals surface area contributed by atoms with Crippen molar-refractivity contribution < 1.29 is 17.7 Å². The lowest BCUT2D eigenvalue weighted by atomic mass is 10.1. The van der Waals surface area contributed by atoms with Gasteiger partial charge in [0, 0.05) is 0 Å². The minimum Gasteiger partial charge on any atom is -0.504 e. The molecule has 0 aliphatic heterocycles. The van der Waals surface area contributed by atoms with Crippen LogP contribution in [0.15, 0.2) is 60.0 Å². The summed E-state index contributed by atoms with van der Waals surface area (Å²) in [6.45, 7) is 5.47. The van der Waals surface area contributed by atoms with E-state index in [0.717, 1.165) is 11.1 Å². The van der Waals surface area contributed by atoms with E-state index in [1.807, 2.05) is 6.92 Å². The predicted octanol–water partition coefficient (Wildman–Crippen LogP) is 3.20. The molecule has 0 unspecified atom stereocenters. The van der Waals surface area contributed by atoms with Gasteiger partial charge in [-0.25, -0.2) is 0 Å². The predicted molar refractivity (Wildman–Crippen MR) is 81.0 cm³/mol. The van der Waals surface area contributed by atoms with Crippen LogP contribution in [0.3, 0.4) is 0 Å². The molecule has 0 amide bonds. The number of aryl methyl sites for hydroxylation is 1. The van der Waals surface area contributed by atoms with Crippen molar-refractivity contribution in [3.8, 4) is 11.5 Å². The second-order valence-corrected chi connectivity index (χ2v) is 6.19. The Bertz CT molecular complexity index is 746. The third kappa shape index (κ3) is 3.64. The van der Waals surface area contributed by atoms with Gasteiger partial charge in [0.05, 0.1) is 0 Å². The fourth-order valence-electron chi connectivity index (χ4n) is 1.80. The van der Waals surface area contributed by atoms with E-state index in [0.29, 0.717) is 6.42 Å². The molecule has 0 atom stereocenters. The molecular weight excluding hydrogens is 288 g/mol. The van der Waals surface area contributed by atoms with E-state index < -0.39 is 10.1 Å². The minimum absolute atomic E-state index is 0.0441. The van der Waals surface area contributed by atoms with Gasteiger partial charge in [0.2, 0.25) is 0 Å². The van der Waals surface area contributed by atoms with E-state index in [4.69, 9.17) is 4.18 Å². The zero-order valence-corrected chi connectivity index (χ0v) is 12.4. The highest BCUT2D eigenvalue weighted by molar-refractivity contribution is 7.87. The largest absolute Gasteiger partial charge is 0.504 e. The molecule has 2 aromatic rings. The van der Waals surface area contributed by atoms with Gasteiger partial charge in [0.1, 0.15) is 4.90 Å². The van der Waals surface area contributed by atoms with Gasteiger partial charge in [-0.1, -0.05) is 29.8 Å². The van der Waals surface area contributed by atoms with Crippen LogP contribution in [0.4, 0.5) is 0 Å². The number of aromatic hydroxyl groups is 1. The van der Waals surface area contributed by atoms with Gasteiger partial charge < -0.3 is 9.29 Å². The molecular formula is C16H16O4S.